The maximum atomic E-state index is 12.4. The van der Waals surface area contributed by atoms with E-state index in [1.54, 1.807) is 20.8 Å². The first-order valence-electron chi connectivity index (χ1n) is 13.8. The minimum atomic E-state index is -0.600. The lowest BCUT2D eigenvalue weighted by atomic mass is 9.79. The van der Waals surface area contributed by atoms with Crippen molar-refractivity contribution in [2.24, 2.45) is 5.10 Å². The Labute approximate surface area is 228 Å². The Balaban J connectivity index is 1.39. The van der Waals surface area contributed by atoms with Crippen molar-refractivity contribution >= 4 is 23.0 Å². The molecular formula is C31H37N3O5. The molecule has 1 saturated carbocycles. The summed E-state index contributed by atoms with van der Waals surface area (Å²) in [6.07, 6.45) is 7.41. The number of rotatable bonds is 5. The highest BCUT2D eigenvalue weighted by molar-refractivity contribution is 5.94. The van der Waals surface area contributed by atoms with Crippen LogP contribution >= 0.6 is 0 Å². The number of nitrogens with zero attached hydrogens (tertiary/aromatic N) is 1. The van der Waals surface area contributed by atoms with E-state index in [0.717, 1.165) is 47.9 Å². The van der Waals surface area contributed by atoms with Gasteiger partial charge >= 0.3 is 6.09 Å². The molecule has 0 bridgehead atoms. The number of carbonyl (C=O) groups is 2. The Morgan fingerprint density at radius 2 is 1.79 bits per heavy atom. The molecule has 0 radical (unpaired) electrons. The van der Waals surface area contributed by atoms with Crippen molar-refractivity contribution in [3.05, 3.63) is 59.6 Å². The summed E-state index contributed by atoms with van der Waals surface area (Å²) in [6, 6.07) is 16.1. The van der Waals surface area contributed by atoms with Gasteiger partial charge in [-0.2, -0.15) is 0 Å². The molecule has 2 heterocycles. The zero-order chi connectivity index (χ0) is 27.5. The van der Waals surface area contributed by atoms with Gasteiger partial charge in [0.2, 0.25) is 11.5 Å². The fourth-order valence-electron chi connectivity index (χ4n) is 5.41. The summed E-state index contributed by atoms with van der Waals surface area (Å²) in [5.74, 6) is 0.531. The fraction of sp³-hybridized carbons (Fsp3) is 0.452. The Morgan fingerprint density at radius 1 is 1.03 bits per heavy atom. The molecule has 8 nitrogen and oxygen atoms in total. The van der Waals surface area contributed by atoms with Gasteiger partial charge in [-0.3, -0.25) is 4.79 Å². The second-order valence-corrected chi connectivity index (χ2v) is 11.5. The van der Waals surface area contributed by atoms with Crippen molar-refractivity contribution in [3.63, 3.8) is 0 Å². The summed E-state index contributed by atoms with van der Waals surface area (Å²) in [6.45, 7) is 5.48. The fourth-order valence-corrected chi connectivity index (χ4v) is 5.41. The molecule has 1 aliphatic heterocycles. The maximum Gasteiger partial charge on any atom is 0.407 e. The summed E-state index contributed by atoms with van der Waals surface area (Å²) < 4.78 is 18.0. The van der Waals surface area contributed by atoms with E-state index < -0.39 is 11.7 Å². The van der Waals surface area contributed by atoms with Gasteiger partial charge in [-0.15, -0.1) is 5.10 Å². The van der Waals surface area contributed by atoms with Crippen LogP contribution in [0.2, 0.25) is 0 Å². The Bertz CT molecular complexity index is 1420. The van der Waals surface area contributed by atoms with Gasteiger partial charge in [-0.1, -0.05) is 36.8 Å². The predicted molar refractivity (Wildman–Crippen MR) is 149 cm³/mol. The summed E-state index contributed by atoms with van der Waals surface area (Å²) in [5, 5.41) is 7.80. The molecule has 1 fully saturated rings. The molecule has 2 aliphatic rings. The minimum absolute atomic E-state index is 0.0469. The third kappa shape index (κ3) is 6.61. The first-order valence-corrected chi connectivity index (χ1v) is 13.8. The molecule has 0 unspecified atom stereocenters. The topological polar surface area (TPSA) is 102 Å². The molecule has 39 heavy (non-hydrogen) atoms. The lowest BCUT2D eigenvalue weighted by Crippen LogP contribution is -2.41. The van der Waals surface area contributed by atoms with Crippen LogP contribution in [0.25, 0.3) is 22.1 Å². The van der Waals surface area contributed by atoms with Crippen molar-refractivity contribution in [2.45, 2.75) is 83.3 Å². The van der Waals surface area contributed by atoms with Crippen molar-refractivity contribution in [1.29, 1.82) is 0 Å². The number of amides is 2. The van der Waals surface area contributed by atoms with E-state index in [1.165, 1.54) is 24.8 Å². The molecule has 1 spiro atoms. The van der Waals surface area contributed by atoms with Gasteiger partial charge in [0.25, 0.3) is 0 Å². The Kier molecular flexibility index (Phi) is 7.64. The van der Waals surface area contributed by atoms with Gasteiger partial charge in [0.15, 0.2) is 0 Å². The standard InChI is InChI=1S/C31H37N3O5/c1-30(2,3)39-29(36)32-17-13-27(35)33-34-28-19-23(21-10-6-4-7-11-21)24-18-22-12-16-31(14-8-5-9-15-31)38-25(22)20-26(24)37-28/h4,6-7,10-11,18-20H,5,8-9,12-17H2,1-3H3,(H,32,36)(H,33,35)/b34-28+. The van der Waals surface area contributed by atoms with Crippen LogP contribution in [0.5, 0.6) is 5.75 Å². The molecule has 1 aliphatic carbocycles. The van der Waals surface area contributed by atoms with Crippen LogP contribution in [0.3, 0.4) is 0 Å². The molecule has 1 aromatic heterocycles. The van der Waals surface area contributed by atoms with Crippen molar-refractivity contribution in [2.75, 3.05) is 6.54 Å². The van der Waals surface area contributed by atoms with Crippen LogP contribution in [0.1, 0.15) is 71.3 Å². The van der Waals surface area contributed by atoms with E-state index >= 15 is 0 Å². The molecule has 0 saturated heterocycles. The Morgan fingerprint density at radius 3 is 2.54 bits per heavy atom. The average Bonchev–Trinajstić information content (AvgIpc) is 2.90. The highest BCUT2D eigenvalue weighted by Gasteiger charge is 2.37. The number of aryl methyl sites for hydroxylation is 1. The Hall–Kier alpha value is -3.81. The minimum Gasteiger partial charge on any atom is -0.487 e. The zero-order valence-corrected chi connectivity index (χ0v) is 23.0. The normalized spacial score (nSPS) is 16.8. The number of nitrogens with one attached hydrogen (secondary N) is 2. The SMILES string of the molecule is CC(C)(C)OC(=O)NCCC(=O)N/N=c1\cc(-c2ccccc2)c2cc3c(cc2o1)OC1(CCCCC1)CC3. The van der Waals surface area contributed by atoms with Crippen LogP contribution in [-0.4, -0.2) is 29.7 Å². The second-order valence-electron chi connectivity index (χ2n) is 11.5. The van der Waals surface area contributed by atoms with E-state index in [0.29, 0.717) is 5.58 Å². The highest BCUT2D eigenvalue weighted by Crippen LogP contribution is 2.43. The number of hydrogen-bond acceptors (Lipinski definition) is 6. The van der Waals surface area contributed by atoms with Crippen LogP contribution in [0.15, 0.2) is 58.0 Å². The van der Waals surface area contributed by atoms with E-state index in [9.17, 15) is 9.59 Å². The van der Waals surface area contributed by atoms with Crippen molar-refractivity contribution in [1.82, 2.24) is 10.7 Å². The van der Waals surface area contributed by atoms with Gasteiger partial charge in [0.05, 0.1) is 0 Å². The van der Waals surface area contributed by atoms with Crippen LogP contribution in [0.4, 0.5) is 4.79 Å². The summed E-state index contributed by atoms with van der Waals surface area (Å²) >= 11 is 0. The smallest absolute Gasteiger partial charge is 0.407 e. The molecular weight excluding hydrogens is 494 g/mol. The summed E-state index contributed by atoms with van der Waals surface area (Å²) in [7, 11) is 0. The van der Waals surface area contributed by atoms with E-state index in [-0.39, 0.29) is 30.0 Å². The van der Waals surface area contributed by atoms with Gasteiger partial charge in [0, 0.05) is 30.5 Å². The zero-order valence-electron chi connectivity index (χ0n) is 23.0. The third-order valence-corrected chi connectivity index (χ3v) is 7.27. The third-order valence-electron chi connectivity index (χ3n) is 7.27. The average molecular weight is 532 g/mol. The molecule has 2 N–H and O–H groups in total. The second kappa shape index (κ2) is 11.1. The molecule has 2 amide bonds. The van der Waals surface area contributed by atoms with Gasteiger partial charge in [0.1, 0.15) is 22.5 Å². The number of carbonyl (C=O) groups excluding carboxylic acids is 2. The molecule has 206 valence electrons. The first kappa shape index (κ1) is 26.8. The monoisotopic (exact) mass is 531 g/mol. The number of hydrogen-bond donors (Lipinski definition) is 2. The van der Waals surface area contributed by atoms with Crippen molar-refractivity contribution < 1.29 is 23.5 Å². The highest BCUT2D eigenvalue weighted by atomic mass is 16.6. The first-order chi connectivity index (χ1) is 18.7. The van der Waals surface area contributed by atoms with Crippen LogP contribution in [-0.2, 0) is 16.0 Å². The van der Waals surface area contributed by atoms with Gasteiger partial charge < -0.3 is 19.2 Å². The largest absolute Gasteiger partial charge is 0.487 e. The van der Waals surface area contributed by atoms with E-state index in [1.807, 2.05) is 42.5 Å². The molecule has 0 atom stereocenters. The van der Waals surface area contributed by atoms with Gasteiger partial charge in [-0.25, -0.2) is 10.2 Å². The van der Waals surface area contributed by atoms with Crippen LogP contribution < -0.4 is 21.0 Å². The maximum absolute atomic E-state index is 12.4. The lowest BCUT2D eigenvalue weighted by molar-refractivity contribution is -0.121. The van der Waals surface area contributed by atoms with Crippen LogP contribution in [0, 0.1) is 0 Å². The lowest BCUT2D eigenvalue weighted by Gasteiger charge is -2.41. The molecule has 8 heteroatoms. The summed E-state index contributed by atoms with van der Waals surface area (Å²) in [5.41, 5.74) is 6.00. The molecule has 2 aromatic carbocycles. The quantitative estimate of drug-likeness (QED) is 0.395. The van der Waals surface area contributed by atoms with Crippen molar-refractivity contribution in [3.8, 4) is 16.9 Å². The predicted octanol–water partition coefficient (Wildman–Crippen LogP) is 5.97. The summed E-state index contributed by atoms with van der Waals surface area (Å²) in [4.78, 5) is 24.2. The van der Waals surface area contributed by atoms with Gasteiger partial charge in [-0.05, 0) is 82.1 Å². The number of ether oxygens (including phenoxy) is 2. The van der Waals surface area contributed by atoms with E-state index in [4.69, 9.17) is 13.9 Å². The molecule has 3 aromatic rings. The van der Waals surface area contributed by atoms with E-state index in [2.05, 4.69) is 21.9 Å². The number of benzene rings is 2. The molecule has 5 rings (SSSR count). The number of fused-ring (bicyclic) bond motifs is 2. The number of alkyl carbamates (subject to hydrolysis) is 1.